The number of carbonyl (C=O) groups excluding carboxylic acids is 1. The zero-order valence-corrected chi connectivity index (χ0v) is 10.1. The van der Waals surface area contributed by atoms with Crippen LogP contribution in [-0.2, 0) is 0 Å². The number of hydrogen-bond donors (Lipinski definition) is 1. The Morgan fingerprint density at radius 3 is 2.75 bits per heavy atom. The molecule has 0 aliphatic rings. The second kappa shape index (κ2) is 5.49. The van der Waals surface area contributed by atoms with Gasteiger partial charge in [0.25, 0.3) is 5.91 Å². The van der Waals surface area contributed by atoms with Crippen LogP contribution in [0.2, 0.25) is 0 Å². The molecule has 0 unspecified atom stereocenters. The van der Waals surface area contributed by atoms with Crippen molar-refractivity contribution in [2.75, 3.05) is 18.8 Å². The quantitative estimate of drug-likeness (QED) is 0.843. The summed E-state index contributed by atoms with van der Waals surface area (Å²) in [6.45, 7) is 7.59. The minimum Gasteiger partial charge on any atom is -0.397 e. The maximum absolute atomic E-state index is 12.2. The van der Waals surface area contributed by atoms with Crippen molar-refractivity contribution in [1.29, 1.82) is 0 Å². The van der Waals surface area contributed by atoms with Gasteiger partial charge in [0.2, 0.25) is 0 Å². The van der Waals surface area contributed by atoms with Crippen molar-refractivity contribution < 1.29 is 4.79 Å². The maximum Gasteiger partial charge on any atom is 0.256 e. The Bertz CT molecular complexity index is 363. The van der Waals surface area contributed by atoms with E-state index in [1.54, 1.807) is 17.2 Å². The van der Waals surface area contributed by atoms with Crippen molar-refractivity contribution >= 4 is 11.6 Å². The largest absolute Gasteiger partial charge is 0.397 e. The average molecular weight is 221 g/mol. The van der Waals surface area contributed by atoms with Crippen molar-refractivity contribution in [2.24, 2.45) is 5.92 Å². The standard InChI is InChI=1S/C12H19N3O/c1-4-15(8-9(2)3)12(16)10-5-6-14-7-11(10)13/h5-7,9H,4,8,13H2,1-3H3. The first-order valence-electron chi connectivity index (χ1n) is 5.55. The summed E-state index contributed by atoms with van der Waals surface area (Å²) in [5.74, 6) is 0.433. The predicted molar refractivity (Wildman–Crippen MR) is 65.1 cm³/mol. The molecule has 0 aromatic carbocycles. The summed E-state index contributed by atoms with van der Waals surface area (Å²) in [6.07, 6.45) is 3.10. The molecule has 16 heavy (non-hydrogen) atoms. The molecule has 0 radical (unpaired) electrons. The Balaban J connectivity index is 2.87. The molecule has 1 rings (SSSR count). The van der Waals surface area contributed by atoms with Gasteiger partial charge in [-0.15, -0.1) is 0 Å². The number of carbonyl (C=O) groups is 1. The molecule has 1 aromatic rings. The second-order valence-electron chi connectivity index (χ2n) is 4.20. The minimum absolute atomic E-state index is 0.0175. The van der Waals surface area contributed by atoms with Gasteiger partial charge in [-0.05, 0) is 18.9 Å². The second-order valence-corrected chi connectivity index (χ2v) is 4.20. The molecule has 1 aromatic heterocycles. The first-order chi connectivity index (χ1) is 7.56. The summed E-state index contributed by atoms with van der Waals surface area (Å²) in [7, 11) is 0. The molecule has 2 N–H and O–H groups in total. The number of amides is 1. The average Bonchev–Trinajstić information content (AvgIpc) is 2.25. The Labute approximate surface area is 96.5 Å². The summed E-state index contributed by atoms with van der Waals surface area (Å²) < 4.78 is 0. The summed E-state index contributed by atoms with van der Waals surface area (Å²) >= 11 is 0. The number of hydrogen-bond acceptors (Lipinski definition) is 3. The van der Waals surface area contributed by atoms with Crippen LogP contribution in [0.4, 0.5) is 5.69 Å². The van der Waals surface area contributed by atoms with Gasteiger partial charge < -0.3 is 10.6 Å². The normalized spacial score (nSPS) is 10.5. The first-order valence-corrected chi connectivity index (χ1v) is 5.55. The highest BCUT2D eigenvalue weighted by Gasteiger charge is 2.17. The van der Waals surface area contributed by atoms with E-state index in [1.165, 1.54) is 6.20 Å². The molecule has 1 heterocycles. The van der Waals surface area contributed by atoms with Crippen LogP contribution in [-0.4, -0.2) is 28.9 Å². The third-order valence-electron chi connectivity index (χ3n) is 2.34. The Kier molecular flexibility index (Phi) is 4.28. The number of rotatable bonds is 4. The van der Waals surface area contributed by atoms with Crippen LogP contribution in [0.1, 0.15) is 31.1 Å². The van der Waals surface area contributed by atoms with Crippen molar-refractivity contribution in [3.8, 4) is 0 Å². The fourth-order valence-corrected chi connectivity index (χ4v) is 1.57. The monoisotopic (exact) mass is 221 g/mol. The minimum atomic E-state index is -0.0175. The van der Waals surface area contributed by atoms with Gasteiger partial charge >= 0.3 is 0 Å². The molecule has 1 amide bonds. The van der Waals surface area contributed by atoms with E-state index in [0.29, 0.717) is 23.7 Å². The van der Waals surface area contributed by atoms with E-state index >= 15 is 0 Å². The van der Waals surface area contributed by atoms with Crippen molar-refractivity contribution in [3.05, 3.63) is 24.0 Å². The molecular formula is C12H19N3O. The van der Waals surface area contributed by atoms with Crippen LogP contribution in [0.5, 0.6) is 0 Å². The third kappa shape index (κ3) is 2.95. The molecule has 0 saturated carbocycles. The van der Waals surface area contributed by atoms with E-state index in [2.05, 4.69) is 18.8 Å². The van der Waals surface area contributed by atoms with Crippen LogP contribution in [0, 0.1) is 5.92 Å². The Hall–Kier alpha value is -1.58. The molecular weight excluding hydrogens is 202 g/mol. The van der Waals surface area contributed by atoms with Crippen LogP contribution in [0.15, 0.2) is 18.5 Å². The van der Waals surface area contributed by atoms with E-state index in [4.69, 9.17) is 5.73 Å². The van der Waals surface area contributed by atoms with Crippen molar-refractivity contribution in [1.82, 2.24) is 9.88 Å². The van der Waals surface area contributed by atoms with Crippen molar-refractivity contribution in [3.63, 3.8) is 0 Å². The van der Waals surface area contributed by atoms with E-state index < -0.39 is 0 Å². The molecule has 0 fully saturated rings. The van der Waals surface area contributed by atoms with Gasteiger partial charge in [-0.2, -0.15) is 0 Å². The smallest absolute Gasteiger partial charge is 0.256 e. The fourth-order valence-electron chi connectivity index (χ4n) is 1.57. The topological polar surface area (TPSA) is 59.2 Å². The van der Waals surface area contributed by atoms with Crippen LogP contribution in [0.3, 0.4) is 0 Å². The summed E-state index contributed by atoms with van der Waals surface area (Å²) in [5, 5.41) is 0. The van der Waals surface area contributed by atoms with Gasteiger partial charge in [-0.1, -0.05) is 13.8 Å². The Morgan fingerprint density at radius 2 is 2.25 bits per heavy atom. The van der Waals surface area contributed by atoms with E-state index in [9.17, 15) is 4.79 Å². The lowest BCUT2D eigenvalue weighted by Gasteiger charge is -2.23. The molecule has 4 nitrogen and oxygen atoms in total. The highest BCUT2D eigenvalue weighted by Crippen LogP contribution is 2.13. The summed E-state index contributed by atoms with van der Waals surface area (Å²) in [4.78, 5) is 17.8. The van der Waals surface area contributed by atoms with Crippen LogP contribution >= 0.6 is 0 Å². The first kappa shape index (κ1) is 12.5. The highest BCUT2D eigenvalue weighted by molar-refractivity contribution is 5.98. The van der Waals surface area contributed by atoms with Gasteiger partial charge in [0.1, 0.15) is 0 Å². The number of aromatic nitrogens is 1. The number of nitrogen functional groups attached to an aromatic ring is 1. The number of anilines is 1. The highest BCUT2D eigenvalue weighted by atomic mass is 16.2. The zero-order chi connectivity index (χ0) is 12.1. The van der Waals surface area contributed by atoms with Gasteiger partial charge in [-0.25, -0.2) is 0 Å². The SMILES string of the molecule is CCN(CC(C)C)C(=O)c1ccncc1N. The van der Waals surface area contributed by atoms with Crippen LogP contribution in [0.25, 0.3) is 0 Å². The maximum atomic E-state index is 12.2. The lowest BCUT2D eigenvalue weighted by Crippen LogP contribution is -2.34. The molecule has 0 atom stereocenters. The summed E-state index contributed by atoms with van der Waals surface area (Å²) in [6, 6.07) is 1.67. The number of nitrogens with zero attached hydrogens (tertiary/aromatic N) is 2. The predicted octanol–water partition coefficient (Wildman–Crippen LogP) is 1.78. The zero-order valence-electron chi connectivity index (χ0n) is 10.1. The molecule has 0 saturated heterocycles. The van der Waals surface area contributed by atoms with Gasteiger partial charge in [0, 0.05) is 19.3 Å². The molecule has 0 spiro atoms. The fraction of sp³-hybridized carbons (Fsp3) is 0.500. The molecule has 0 aliphatic carbocycles. The van der Waals surface area contributed by atoms with Gasteiger partial charge in [-0.3, -0.25) is 9.78 Å². The molecule has 4 heteroatoms. The lowest BCUT2D eigenvalue weighted by molar-refractivity contribution is 0.0746. The van der Waals surface area contributed by atoms with E-state index in [1.807, 2.05) is 6.92 Å². The van der Waals surface area contributed by atoms with Gasteiger partial charge in [0.05, 0.1) is 17.4 Å². The van der Waals surface area contributed by atoms with Gasteiger partial charge in [0.15, 0.2) is 0 Å². The van der Waals surface area contributed by atoms with Crippen molar-refractivity contribution in [2.45, 2.75) is 20.8 Å². The number of pyridine rings is 1. The summed E-state index contributed by atoms with van der Waals surface area (Å²) in [5.41, 5.74) is 6.71. The number of nitrogens with two attached hydrogens (primary N) is 1. The molecule has 0 aliphatic heterocycles. The van der Waals surface area contributed by atoms with E-state index in [0.717, 1.165) is 6.54 Å². The Morgan fingerprint density at radius 1 is 1.56 bits per heavy atom. The van der Waals surface area contributed by atoms with Crippen LogP contribution < -0.4 is 5.73 Å². The molecule has 0 bridgehead atoms. The lowest BCUT2D eigenvalue weighted by atomic mass is 10.1. The van der Waals surface area contributed by atoms with E-state index in [-0.39, 0.29) is 5.91 Å². The third-order valence-corrected chi connectivity index (χ3v) is 2.34. The molecule has 88 valence electrons.